The Morgan fingerprint density at radius 2 is 1.76 bits per heavy atom. The minimum atomic E-state index is -0.342. The van der Waals surface area contributed by atoms with E-state index in [9.17, 15) is 9.59 Å². The van der Waals surface area contributed by atoms with Gasteiger partial charge in [0.25, 0.3) is 11.8 Å². The highest BCUT2D eigenvalue weighted by molar-refractivity contribution is 6.39. The molecule has 2 amide bonds. The number of anilines is 1. The molecule has 1 aliphatic heterocycles. The average Bonchev–Trinajstić information content (AvgIpc) is 2.99. The Bertz CT molecular complexity index is 881. The molecule has 98 valence electrons. The van der Waals surface area contributed by atoms with Crippen molar-refractivity contribution in [1.82, 2.24) is 9.97 Å². The number of nitrogens with one attached hydrogen (secondary N) is 1. The van der Waals surface area contributed by atoms with E-state index in [1.165, 1.54) is 6.20 Å². The Morgan fingerprint density at radius 1 is 1.10 bits per heavy atom. The molecule has 0 aliphatic carbocycles. The summed E-state index contributed by atoms with van der Waals surface area (Å²) in [6, 6.07) is 8.45. The number of carbonyl (C=O) groups excluding carboxylic acids is 2. The first kappa shape index (κ1) is 11.9. The minimum absolute atomic E-state index is 0.342. The van der Waals surface area contributed by atoms with Crippen molar-refractivity contribution >= 4 is 41.8 Å². The first-order chi connectivity index (χ1) is 10.2. The molecule has 3 aromatic rings. The summed E-state index contributed by atoms with van der Waals surface area (Å²) in [7, 11) is 5.84. The minimum Gasteiger partial charge on any atom is -0.347 e. The number of aromatic amines is 1. The highest BCUT2D eigenvalue weighted by Crippen LogP contribution is 2.28. The molecule has 3 heterocycles. The topological polar surface area (TPSA) is 66.1 Å². The Kier molecular flexibility index (Phi) is 2.30. The molecular weight excluding hydrogens is 265 g/mol. The average molecular weight is 273 g/mol. The summed E-state index contributed by atoms with van der Waals surface area (Å²) in [4.78, 5) is 33.1. The fourth-order valence-electron chi connectivity index (χ4n) is 2.56. The van der Waals surface area contributed by atoms with Gasteiger partial charge in [-0.2, -0.15) is 0 Å². The molecule has 21 heavy (non-hydrogen) atoms. The van der Waals surface area contributed by atoms with E-state index in [-0.39, 0.29) is 11.8 Å². The van der Waals surface area contributed by atoms with Crippen LogP contribution in [0.1, 0.15) is 20.7 Å². The van der Waals surface area contributed by atoms with Crippen molar-refractivity contribution in [2.45, 2.75) is 0 Å². The molecule has 0 fully saturated rings. The van der Waals surface area contributed by atoms with Crippen LogP contribution < -0.4 is 10.4 Å². The van der Waals surface area contributed by atoms with Gasteiger partial charge in [0.2, 0.25) is 0 Å². The molecule has 1 aliphatic rings. The quantitative estimate of drug-likeness (QED) is 0.534. The number of imide groups is 1. The van der Waals surface area contributed by atoms with Crippen molar-refractivity contribution in [3.8, 4) is 0 Å². The number of hydrogen-bond donors (Lipinski definition) is 1. The Labute approximate surface area is 121 Å². The zero-order chi connectivity index (χ0) is 14.6. The second-order valence-electron chi connectivity index (χ2n) is 4.82. The number of benzene rings is 1. The van der Waals surface area contributed by atoms with Gasteiger partial charge in [-0.25, -0.2) is 9.88 Å². The lowest BCUT2D eigenvalue weighted by Crippen LogP contribution is -2.29. The van der Waals surface area contributed by atoms with Crippen molar-refractivity contribution in [3.63, 3.8) is 0 Å². The van der Waals surface area contributed by atoms with Crippen LogP contribution in [-0.4, -0.2) is 29.6 Å². The monoisotopic (exact) mass is 273 g/mol. The third-order valence-electron chi connectivity index (χ3n) is 3.60. The number of carbonyl (C=O) groups is 2. The maximum absolute atomic E-state index is 12.4. The molecule has 5 nitrogen and oxygen atoms in total. The predicted octanol–water partition coefficient (Wildman–Crippen LogP) is 1.16. The number of aromatic nitrogens is 2. The summed E-state index contributed by atoms with van der Waals surface area (Å²) in [5, 5.41) is 0.684. The van der Waals surface area contributed by atoms with Gasteiger partial charge >= 0.3 is 0 Å². The lowest BCUT2D eigenvalue weighted by atomic mass is 9.97. The lowest BCUT2D eigenvalue weighted by molar-refractivity contribution is 0.0926. The molecule has 0 atom stereocenters. The first-order valence-corrected chi connectivity index (χ1v) is 6.37. The number of pyridine rings is 1. The second kappa shape index (κ2) is 4.05. The zero-order valence-corrected chi connectivity index (χ0v) is 10.8. The molecule has 2 aromatic heterocycles. The molecule has 1 aromatic carbocycles. The highest BCUT2D eigenvalue weighted by Gasteiger charge is 2.36. The number of rotatable bonds is 1. The maximum Gasteiger partial charge on any atom is 0.266 e. The maximum atomic E-state index is 12.4. The third kappa shape index (κ3) is 1.56. The van der Waals surface area contributed by atoms with Gasteiger partial charge in [0.1, 0.15) is 13.5 Å². The standard InChI is InChI=1S/C15H8BN3O2/c16-12-7-18-13-11(12)5-8(6-17-13)19-14(20)9-3-1-2-4-10(9)15(19)21/h1-7H,(H,17,18). The summed E-state index contributed by atoms with van der Waals surface area (Å²) in [6.45, 7) is 0. The van der Waals surface area contributed by atoms with E-state index in [2.05, 4.69) is 9.97 Å². The van der Waals surface area contributed by atoms with Crippen LogP contribution in [0.15, 0.2) is 42.7 Å². The fourth-order valence-corrected chi connectivity index (χ4v) is 2.56. The van der Waals surface area contributed by atoms with Gasteiger partial charge in [0.05, 0.1) is 23.0 Å². The predicted molar refractivity (Wildman–Crippen MR) is 79.1 cm³/mol. The van der Waals surface area contributed by atoms with Crippen LogP contribution in [0.2, 0.25) is 0 Å². The van der Waals surface area contributed by atoms with Crippen molar-refractivity contribution in [2.75, 3.05) is 4.90 Å². The van der Waals surface area contributed by atoms with E-state index in [1.54, 1.807) is 36.5 Å². The normalized spacial score (nSPS) is 14.0. The zero-order valence-electron chi connectivity index (χ0n) is 10.8. The van der Waals surface area contributed by atoms with E-state index in [4.69, 9.17) is 7.85 Å². The van der Waals surface area contributed by atoms with Crippen LogP contribution in [0.3, 0.4) is 0 Å². The number of hydrogen-bond acceptors (Lipinski definition) is 3. The summed E-state index contributed by atoms with van der Waals surface area (Å²) < 4.78 is 0. The SMILES string of the molecule is [B]c1c[nH]c2ncc(N3C(=O)c4ccccc4C3=O)cc12. The van der Waals surface area contributed by atoms with Crippen molar-refractivity contribution in [2.24, 2.45) is 0 Å². The summed E-state index contributed by atoms with van der Waals surface area (Å²) >= 11 is 0. The van der Waals surface area contributed by atoms with E-state index < -0.39 is 0 Å². The lowest BCUT2D eigenvalue weighted by Gasteiger charge is -2.13. The molecule has 1 N–H and O–H groups in total. The smallest absolute Gasteiger partial charge is 0.266 e. The number of H-pyrrole nitrogens is 1. The van der Waals surface area contributed by atoms with Gasteiger partial charge in [-0.05, 0) is 24.4 Å². The van der Waals surface area contributed by atoms with E-state index in [0.29, 0.717) is 33.3 Å². The molecule has 0 unspecified atom stereocenters. The van der Waals surface area contributed by atoms with Gasteiger partial charge in [0.15, 0.2) is 0 Å². The Hall–Kier alpha value is -2.89. The van der Waals surface area contributed by atoms with Gasteiger partial charge in [-0.3, -0.25) is 9.59 Å². The van der Waals surface area contributed by atoms with Crippen LogP contribution in [0, 0.1) is 0 Å². The van der Waals surface area contributed by atoms with Crippen LogP contribution in [0.4, 0.5) is 5.69 Å². The summed E-state index contributed by atoms with van der Waals surface area (Å²) in [5.74, 6) is -0.684. The van der Waals surface area contributed by atoms with E-state index >= 15 is 0 Å². The molecule has 4 rings (SSSR count). The van der Waals surface area contributed by atoms with Crippen LogP contribution >= 0.6 is 0 Å². The van der Waals surface area contributed by atoms with Gasteiger partial charge in [0, 0.05) is 5.39 Å². The number of amides is 2. The van der Waals surface area contributed by atoms with Gasteiger partial charge in [-0.15, -0.1) is 0 Å². The molecule has 0 bridgehead atoms. The second-order valence-corrected chi connectivity index (χ2v) is 4.82. The molecular formula is C15H8BN3O2. The molecule has 0 spiro atoms. The molecule has 6 heteroatoms. The van der Waals surface area contributed by atoms with Crippen LogP contribution in [0.5, 0.6) is 0 Å². The van der Waals surface area contributed by atoms with Crippen LogP contribution in [-0.2, 0) is 0 Å². The van der Waals surface area contributed by atoms with Crippen molar-refractivity contribution in [3.05, 3.63) is 53.9 Å². The summed E-state index contributed by atoms with van der Waals surface area (Å²) in [5.41, 5.74) is 2.37. The highest BCUT2D eigenvalue weighted by atomic mass is 16.2. The fraction of sp³-hybridized carbons (Fsp3) is 0. The van der Waals surface area contributed by atoms with Crippen molar-refractivity contribution < 1.29 is 9.59 Å². The number of nitrogens with zero attached hydrogens (tertiary/aromatic N) is 2. The summed E-state index contributed by atoms with van der Waals surface area (Å²) in [6.07, 6.45) is 3.11. The molecule has 2 radical (unpaired) electrons. The first-order valence-electron chi connectivity index (χ1n) is 6.37. The molecule has 0 saturated carbocycles. The Balaban J connectivity index is 1.88. The molecule has 0 saturated heterocycles. The van der Waals surface area contributed by atoms with Gasteiger partial charge in [-0.1, -0.05) is 17.6 Å². The van der Waals surface area contributed by atoms with Crippen LogP contribution in [0.25, 0.3) is 11.0 Å². The van der Waals surface area contributed by atoms with E-state index in [1.807, 2.05) is 0 Å². The number of fused-ring (bicyclic) bond motifs is 2. The van der Waals surface area contributed by atoms with Crippen molar-refractivity contribution in [1.29, 1.82) is 0 Å². The largest absolute Gasteiger partial charge is 0.347 e. The third-order valence-corrected chi connectivity index (χ3v) is 3.60. The van der Waals surface area contributed by atoms with Gasteiger partial charge < -0.3 is 4.98 Å². The Morgan fingerprint density at radius 3 is 2.43 bits per heavy atom. The van der Waals surface area contributed by atoms with E-state index in [0.717, 1.165) is 4.90 Å².